The first-order valence-corrected chi connectivity index (χ1v) is 13.8. The van der Waals surface area contributed by atoms with Crippen LogP contribution in [0.15, 0.2) is 0 Å². The number of hydrogen-bond acceptors (Lipinski definition) is 3. The van der Waals surface area contributed by atoms with Gasteiger partial charge in [-0.2, -0.15) is 0 Å². The highest BCUT2D eigenvalue weighted by molar-refractivity contribution is 7.92. The van der Waals surface area contributed by atoms with Crippen molar-refractivity contribution in [1.82, 2.24) is 4.90 Å². The van der Waals surface area contributed by atoms with Gasteiger partial charge in [0.05, 0.1) is 10.5 Å². The van der Waals surface area contributed by atoms with Crippen LogP contribution in [0.25, 0.3) is 0 Å². The predicted octanol–water partition coefficient (Wildman–Crippen LogP) is 5.22. The molecule has 3 fully saturated rings. The summed E-state index contributed by atoms with van der Waals surface area (Å²) in [6, 6.07) is 0. The Morgan fingerprint density at radius 2 is 1.45 bits per heavy atom. The Morgan fingerprint density at radius 1 is 0.862 bits per heavy atom. The minimum absolute atomic E-state index is 0.202. The molecule has 0 aromatic heterocycles. The van der Waals surface area contributed by atoms with E-state index in [4.69, 9.17) is 0 Å². The van der Waals surface area contributed by atoms with Gasteiger partial charge in [-0.15, -0.1) is 0 Å². The van der Waals surface area contributed by atoms with Crippen molar-refractivity contribution in [3.8, 4) is 0 Å². The van der Waals surface area contributed by atoms with Crippen LogP contribution in [-0.2, 0) is 14.6 Å². The van der Waals surface area contributed by atoms with E-state index in [9.17, 15) is 13.2 Å². The fraction of sp³-hybridized carbons (Fsp3) is 0.958. The van der Waals surface area contributed by atoms with Crippen molar-refractivity contribution in [2.24, 2.45) is 23.7 Å². The lowest BCUT2D eigenvalue weighted by atomic mass is 9.67. The van der Waals surface area contributed by atoms with Crippen LogP contribution in [-0.4, -0.2) is 42.8 Å². The van der Waals surface area contributed by atoms with Crippen molar-refractivity contribution in [2.75, 3.05) is 18.8 Å². The van der Waals surface area contributed by atoms with E-state index in [1.807, 2.05) is 4.90 Å². The fourth-order valence-electron chi connectivity index (χ4n) is 5.94. The highest BCUT2D eigenvalue weighted by atomic mass is 32.2. The number of carbonyl (C=O) groups is 1. The molecule has 1 amide bonds. The molecule has 1 aliphatic heterocycles. The second-order valence-electron chi connectivity index (χ2n) is 11.0. The van der Waals surface area contributed by atoms with Gasteiger partial charge in [-0.3, -0.25) is 4.79 Å². The van der Waals surface area contributed by atoms with Crippen molar-refractivity contribution < 1.29 is 13.2 Å². The Hall–Kier alpha value is -0.580. The lowest BCUT2D eigenvalue weighted by Gasteiger charge is -2.40. The topological polar surface area (TPSA) is 54.5 Å². The van der Waals surface area contributed by atoms with Gasteiger partial charge in [0.1, 0.15) is 0 Å². The highest BCUT2D eigenvalue weighted by Gasteiger charge is 2.36. The second kappa shape index (κ2) is 9.70. The van der Waals surface area contributed by atoms with Gasteiger partial charge >= 0.3 is 0 Å². The Bertz CT molecular complexity index is 638. The number of amides is 1. The molecule has 2 saturated carbocycles. The number of carbonyl (C=O) groups excluding carboxylic acids is 1. The van der Waals surface area contributed by atoms with E-state index in [-0.39, 0.29) is 11.7 Å². The molecule has 1 heterocycles. The summed E-state index contributed by atoms with van der Waals surface area (Å²) in [6.45, 7) is 6.84. The molecular formula is C24H43NO3S. The van der Waals surface area contributed by atoms with Crippen molar-refractivity contribution in [2.45, 2.75) is 103 Å². The summed E-state index contributed by atoms with van der Waals surface area (Å²) in [7, 11) is -3.08. The molecule has 0 radical (unpaired) electrons. The molecule has 0 aromatic rings. The van der Waals surface area contributed by atoms with Crippen LogP contribution >= 0.6 is 0 Å². The van der Waals surface area contributed by atoms with Crippen LogP contribution in [0.4, 0.5) is 0 Å². The van der Waals surface area contributed by atoms with Gasteiger partial charge in [-0.05, 0) is 70.1 Å². The van der Waals surface area contributed by atoms with Crippen molar-refractivity contribution >= 4 is 15.7 Å². The molecule has 0 N–H and O–H groups in total. The summed E-state index contributed by atoms with van der Waals surface area (Å²) in [5.74, 6) is 3.00. The molecule has 2 aliphatic carbocycles. The second-order valence-corrected chi connectivity index (χ2v) is 13.8. The molecular weight excluding hydrogens is 382 g/mol. The minimum Gasteiger partial charge on any atom is -0.343 e. The monoisotopic (exact) mass is 425 g/mol. The molecule has 29 heavy (non-hydrogen) atoms. The van der Waals surface area contributed by atoms with Crippen LogP contribution in [0.2, 0.25) is 0 Å². The van der Waals surface area contributed by atoms with Gasteiger partial charge in [0.2, 0.25) is 5.91 Å². The van der Waals surface area contributed by atoms with Crippen molar-refractivity contribution in [3.05, 3.63) is 0 Å². The summed E-state index contributed by atoms with van der Waals surface area (Å²) >= 11 is 0. The third-order valence-electron chi connectivity index (χ3n) is 8.02. The molecule has 0 spiro atoms. The Morgan fingerprint density at radius 3 is 2.07 bits per heavy atom. The Kier molecular flexibility index (Phi) is 7.72. The molecule has 0 aromatic carbocycles. The van der Waals surface area contributed by atoms with E-state index in [0.717, 1.165) is 44.2 Å². The fourth-order valence-corrected chi connectivity index (χ4v) is 7.39. The standard InChI is InChI=1S/C24H43NO3S/c1-24(2,3)29(27,28)18-19-13-15-25(16-14-19)23(26)17-21-11-7-8-12-22(21)20-9-5-4-6-10-20/h19-22H,4-18H2,1-3H3. The molecule has 3 aliphatic rings. The van der Waals surface area contributed by atoms with Crippen LogP contribution in [0.1, 0.15) is 97.8 Å². The molecule has 4 nitrogen and oxygen atoms in total. The van der Waals surface area contributed by atoms with E-state index in [1.54, 1.807) is 20.8 Å². The molecule has 5 heteroatoms. The first kappa shape index (κ1) is 23.1. The third-order valence-corrected chi connectivity index (χ3v) is 10.8. The van der Waals surface area contributed by atoms with Gasteiger partial charge in [0, 0.05) is 19.5 Å². The quantitative estimate of drug-likeness (QED) is 0.607. The van der Waals surface area contributed by atoms with E-state index >= 15 is 0 Å². The highest BCUT2D eigenvalue weighted by Crippen LogP contribution is 2.43. The number of hydrogen-bond donors (Lipinski definition) is 0. The summed E-state index contributed by atoms with van der Waals surface area (Å²) in [5, 5.41) is 0. The molecule has 2 unspecified atom stereocenters. The van der Waals surface area contributed by atoms with Gasteiger partial charge in [-0.25, -0.2) is 8.42 Å². The van der Waals surface area contributed by atoms with Gasteiger partial charge in [0.25, 0.3) is 0 Å². The molecule has 2 atom stereocenters. The van der Waals surface area contributed by atoms with Crippen LogP contribution in [0, 0.1) is 23.7 Å². The summed E-state index contributed by atoms with van der Waals surface area (Å²) in [4.78, 5) is 15.1. The number of rotatable bonds is 5. The molecule has 1 saturated heterocycles. The lowest BCUT2D eigenvalue weighted by molar-refractivity contribution is -0.134. The number of sulfone groups is 1. The smallest absolute Gasteiger partial charge is 0.222 e. The number of piperidine rings is 1. The maximum atomic E-state index is 13.1. The van der Waals surface area contributed by atoms with Crippen LogP contribution in [0.5, 0.6) is 0 Å². The van der Waals surface area contributed by atoms with Crippen molar-refractivity contribution in [1.29, 1.82) is 0 Å². The Labute approximate surface area is 179 Å². The zero-order valence-corrected chi connectivity index (χ0v) is 19.8. The average molecular weight is 426 g/mol. The first-order valence-electron chi connectivity index (χ1n) is 12.2. The minimum atomic E-state index is -3.08. The molecule has 3 rings (SSSR count). The maximum Gasteiger partial charge on any atom is 0.222 e. The average Bonchev–Trinajstić information content (AvgIpc) is 2.68. The lowest BCUT2D eigenvalue weighted by Crippen LogP contribution is -2.43. The predicted molar refractivity (Wildman–Crippen MR) is 119 cm³/mol. The maximum absolute atomic E-state index is 13.1. The van der Waals surface area contributed by atoms with Crippen LogP contribution in [0.3, 0.4) is 0 Å². The van der Waals surface area contributed by atoms with E-state index in [1.165, 1.54) is 57.8 Å². The zero-order valence-electron chi connectivity index (χ0n) is 19.0. The first-order chi connectivity index (χ1) is 13.7. The largest absolute Gasteiger partial charge is 0.343 e. The van der Waals surface area contributed by atoms with E-state index in [0.29, 0.717) is 11.8 Å². The SMILES string of the molecule is CC(C)(C)S(=O)(=O)CC1CCN(C(=O)CC2CCCCC2C2CCCCC2)CC1. The van der Waals surface area contributed by atoms with Gasteiger partial charge < -0.3 is 4.90 Å². The number of likely N-dealkylation sites (tertiary alicyclic amines) is 1. The van der Waals surface area contributed by atoms with Gasteiger partial charge in [-0.1, -0.05) is 44.9 Å². The van der Waals surface area contributed by atoms with Crippen molar-refractivity contribution in [3.63, 3.8) is 0 Å². The van der Waals surface area contributed by atoms with Crippen LogP contribution < -0.4 is 0 Å². The van der Waals surface area contributed by atoms with E-state index < -0.39 is 14.6 Å². The summed E-state index contributed by atoms with van der Waals surface area (Å²) in [6.07, 6.45) is 14.5. The zero-order chi connectivity index (χ0) is 21.1. The molecule has 0 bridgehead atoms. The number of nitrogens with zero attached hydrogens (tertiary/aromatic N) is 1. The van der Waals surface area contributed by atoms with Gasteiger partial charge in [0.15, 0.2) is 9.84 Å². The van der Waals surface area contributed by atoms with E-state index in [2.05, 4.69) is 0 Å². The molecule has 168 valence electrons. The summed E-state index contributed by atoms with van der Waals surface area (Å²) < 4.78 is 24.3. The Balaban J connectivity index is 1.50. The normalized spacial score (nSPS) is 28.4. The third kappa shape index (κ3) is 5.98. The summed E-state index contributed by atoms with van der Waals surface area (Å²) in [5.41, 5.74) is 0.